The number of aliphatic hydroxyl groups is 2. The van der Waals surface area contributed by atoms with Crippen LogP contribution >= 0.6 is 0 Å². The van der Waals surface area contributed by atoms with Crippen molar-refractivity contribution in [1.29, 1.82) is 0 Å². The van der Waals surface area contributed by atoms with E-state index in [0.717, 1.165) is 38.5 Å². The normalized spacial score (nSPS) is 47.8. The van der Waals surface area contributed by atoms with Gasteiger partial charge >= 0.3 is 0 Å². The van der Waals surface area contributed by atoms with E-state index < -0.39 is 11.7 Å². The molecule has 0 aromatic heterocycles. The van der Waals surface area contributed by atoms with Crippen molar-refractivity contribution in [3.8, 4) is 0 Å². The van der Waals surface area contributed by atoms with Crippen molar-refractivity contribution < 1.29 is 10.2 Å². The zero-order valence-corrected chi connectivity index (χ0v) is 12.2. The zero-order chi connectivity index (χ0) is 13.3. The van der Waals surface area contributed by atoms with E-state index in [1.165, 1.54) is 6.42 Å². The molecule has 0 aromatic carbocycles. The Morgan fingerprint density at radius 2 is 1.39 bits per heavy atom. The maximum absolute atomic E-state index is 10.7. The van der Waals surface area contributed by atoms with Crippen LogP contribution in [0, 0.1) is 23.7 Å². The zero-order valence-electron chi connectivity index (χ0n) is 12.2. The Bertz CT molecular complexity index is 258. The molecule has 106 valence electrons. The van der Waals surface area contributed by atoms with Gasteiger partial charge in [0.15, 0.2) is 0 Å². The van der Waals surface area contributed by atoms with Crippen LogP contribution in [-0.4, -0.2) is 21.9 Å². The minimum Gasteiger partial charge on any atom is -0.390 e. The fourth-order valence-corrected chi connectivity index (χ4v) is 4.26. The summed E-state index contributed by atoms with van der Waals surface area (Å²) in [4.78, 5) is 0. The molecule has 3 unspecified atom stereocenters. The summed E-state index contributed by atoms with van der Waals surface area (Å²) < 4.78 is 0. The third kappa shape index (κ3) is 3.08. The summed E-state index contributed by atoms with van der Waals surface area (Å²) in [6.45, 7) is 6.81. The van der Waals surface area contributed by atoms with Gasteiger partial charge in [0.05, 0.1) is 11.7 Å². The Morgan fingerprint density at radius 1 is 0.889 bits per heavy atom. The second kappa shape index (κ2) is 5.50. The average molecular weight is 254 g/mol. The molecule has 2 nitrogen and oxygen atoms in total. The van der Waals surface area contributed by atoms with Crippen molar-refractivity contribution in [1.82, 2.24) is 0 Å². The Balaban J connectivity index is 1.99. The van der Waals surface area contributed by atoms with Gasteiger partial charge in [-0.05, 0) is 68.6 Å². The summed E-state index contributed by atoms with van der Waals surface area (Å²) in [5, 5.41) is 21.4. The summed E-state index contributed by atoms with van der Waals surface area (Å²) in [6.07, 6.45) is 6.64. The Kier molecular flexibility index (Phi) is 4.38. The Labute approximate surface area is 112 Å². The number of hydrogen-bond donors (Lipinski definition) is 2. The van der Waals surface area contributed by atoms with Crippen molar-refractivity contribution in [2.24, 2.45) is 23.7 Å². The van der Waals surface area contributed by atoms with Crippen LogP contribution in [0.15, 0.2) is 0 Å². The van der Waals surface area contributed by atoms with Gasteiger partial charge in [0.1, 0.15) is 0 Å². The highest BCUT2D eigenvalue weighted by atomic mass is 16.3. The minimum atomic E-state index is -0.798. The lowest BCUT2D eigenvalue weighted by molar-refractivity contribution is -0.134. The Morgan fingerprint density at radius 3 is 1.89 bits per heavy atom. The fourth-order valence-electron chi connectivity index (χ4n) is 4.26. The van der Waals surface area contributed by atoms with E-state index in [1.54, 1.807) is 0 Å². The number of hydrogen-bond acceptors (Lipinski definition) is 2. The second-order valence-corrected chi connectivity index (χ2v) is 7.41. The molecular formula is C16H30O2. The molecule has 0 spiro atoms. The lowest BCUT2D eigenvalue weighted by atomic mass is 9.67. The van der Waals surface area contributed by atoms with Gasteiger partial charge in [0.25, 0.3) is 0 Å². The smallest absolute Gasteiger partial charge is 0.0908 e. The van der Waals surface area contributed by atoms with E-state index in [9.17, 15) is 10.2 Å². The quantitative estimate of drug-likeness (QED) is 0.793. The van der Waals surface area contributed by atoms with Crippen LogP contribution < -0.4 is 0 Å². The highest BCUT2D eigenvalue weighted by Gasteiger charge is 2.43. The molecule has 3 atom stereocenters. The van der Waals surface area contributed by atoms with E-state index >= 15 is 0 Å². The molecule has 0 aromatic rings. The highest BCUT2D eigenvalue weighted by molar-refractivity contribution is 4.95. The van der Waals surface area contributed by atoms with Crippen LogP contribution in [0.4, 0.5) is 0 Å². The van der Waals surface area contributed by atoms with Gasteiger partial charge in [-0.3, -0.25) is 0 Å². The van der Waals surface area contributed by atoms with E-state index in [0.29, 0.717) is 23.7 Å². The molecule has 18 heavy (non-hydrogen) atoms. The predicted molar refractivity (Wildman–Crippen MR) is 74.3 cm³/mol. The Hall–Kier alpha value is -0.0800. The van der Waals surface area contributed by atoms with Gasteiger partial charge in [0, 0.05) is 0 Å². The summed E-state index contributed by atoms with van der Waals surface area (Å²) >= 11 is 0. The molecule has 2 aliphatic carbocycles. The third-order valence-corrected chi connectivity index (χ3v) is 5.35. The van der Waals surface area contributed by atoms with Gasteiger partial charge in [0.2, 0.25) is 0 Å². The summed E-state index contributed by atoms with van der Waals surface area (Å²) in [6, 6.07) is 0. The molecule has 0 aliphatic heterocycles. The maximum Gasteiger partial charge on any atom is 0.0908 e. The SMILES string of the molecule is CC1CCC(O)(C(O)C2CC(C)CC(C)C2)CC1. The molecule has 0 saturated heterocycles. The van der Waals surface area contributed by atoms with Crippen LogP contribution in [0.5, 0.6) is 0 Å². The van der Waals surface area contributed by atoms with E-state index in [4.69, 9.17) is 0 Å². The summed E-state index contributed by atoms with van der Waals surface area (Å²) in [5.41, 5.74) is -0.798. The topological polar surface area (TPSA) is 40.5 Å². The van der Waals surface area contributed by atoms with Crippen molar-refractivity contribution in [2.45, 2.75) is 77.4 Å². The first-order chi connectivity index (χ1) is 8.40. The molecule has 2 fully saturated rings. The van der Waals surface area contributed by atoms with Gasteiger partial charge in [-0.15, -0.1) is 0 Å². The molecule has 2 rings (SSSR count). The lowest BCUT2D eigenvalue weighted by Crippen LogP contribution is -2.50. The molecule has 0 radical (unpaired) electrons. The van der Waals surface area contributed by atoms with Crippen LogP contribution in [0.1, 0.15) is 65.7 Å². The molecule has 0 bridgehead atoms. The van der Waals surface area contributed by atoms with E-state index in [2.05, 4.69) is 20.8 Å². The van der Waals surface area contributed by atoms with Crippen molar-refractivity contribution >= 4 is 0 Å². The van der Waals surface area contributed by atoms with Gasteiger partial charge in [-0.1, -0.05) is 20.8 Å². The molecule has 2 saturated carbocycles. The van der Waals surface area contributed by atoms with Crippen LogP contribution in [0.25, 0.3) is 0 Å². The van der Waals surface area contributed by atoms with Crippen LogP contribution in [-0.2, 0) is 0 Å². The molecule has 2 aliphatic rings. The van der Waals surface area contributed by atoms with E-state index in [-0.39, 0.29) is 0 Å². The largest absolute Gasteiger partial charge is 0.390 e. The molecule has 0 amide bonds. The first-order valence-corrected chi connectivity index (χ1v) is 7.81. The second-order valence-electron chi connectivity index (χ2n) is 7.41. The first kappa shape index (κ1) is 14.3. The lowest BCUT2D eigenvalue weighted by Gasteiger charge is -2.44. The predicted octanol–water partition coefficient (Wildman–Crippen LogP) is 3.36. The molecule has 2 N–H and O–H groups in total. The average Bonchev–Trinajstić information content (AvgIpc) is 2.31. The number of aliphatic hydroxyl groups excluding tert-OH is 1. The summed E-state index contributed by atoms with van der Waals surface area (Å²) in [5.74, 6) is 2.41. The van der Waals surface area contributed by atoms with Crippen LogP contribution in [0.3, 0.4) is 0 Å². The fraction of sp³-hybridized carbons (Fsp3) is 1.00. The van der Waals surface area contributed by atoms with Crippen molar-refractivity contribution in [2.75, 3.05) is 0 Å². The molecule has 0 heterocycles. The van der Waals surface area contributed by atoms with Gasteiger partial charge in [-0.25, -0.2) is 0 Å². The van der Waals surface area contributed by atoms with Crippen molar-refractivity contribution in [3.63, 3.8) is 0 Å². The standard InChI is InChI=1S/C16H30O2/c1-11-4-6-16(18,7-5-11)15(17)14-9-12(2)8-13(3)10-14/h11-15,17-18H,4-10H2,1-3H3. The molecular weight excluding hydrogens is 224 g/mol. The first-order valence-electron chi connectivity index (χ1n) is 7.81. The number of rotatable bonds is 2. The monoisotopic (exact) mass is 254 g/mol. The minimum absolute atomic E-state index is 0.308. The summed E-state index contributed by atoms with van der Waals surface area (Å²) in [7, 11) is 0. The third-order valence-electron chi connectivity index (χ3n) is 5.35. The highest BCUT2D eigenvalue weighted by Crippen LogP contribution is 2.42. The van der Waals surface area contributed by atoms with Crippen LogP contribution in [0.2, 0.25) is 0 Å². The maximum atomic E-state index is 10.7. The molecule has 2 heteroatoms. The van der Waals surface area contributed by atoms with Gasteiger partial charge < -0.3 is 10.2 Å². The van der Waals surface area contributed by atoms with Crippen molar-refractivity contribution in [3.05, 3.63) is 0 Å². The van der Waals surface area contributed by atoms with E-state index in [1.807, 2.05) is 0 Å². The van der Waals surface area contributed by atoms with Gasteiger partial charge in [-0.2, -0.15) is 0 Å².